The van der Waals surface area contributed by atoms with E-state index >= 15 is 0 Å². The van der Waals surface area contributed by atoms with Gasteiger partial charge in [-0.2, -0.15) is 5.26 Å². The van der Waals surface area contributed by atoms with Gasteiger partial charge in [0.15, 0.2) is 0 Å². The third kappa shape index (κ3) is 2.64. The summed E-state index contributed by atoms with van der Waals surface area (Å²) >= 11 is 0. The van der Waals surface area contributed by atoms with Crippen molar-refractivity contribution >= 4 is 0 Å². The summed E-state index contributed by atoms with van der Waals surface area (Å²) in [6.45, 7) is 2.43. The van der Waals surface area contributed by atoms with E-state index in [4.69, 9.17) is 10.00 Å². The van der Waals surface area contributed by atoms with E-state index in [2.05, 4.69) is 6.07 Å². The molecule has 0 radical (unpaired) electrons. The molecule has 2 aromatic carbocycles. The number of hydrogen-bond acceptors (Lipinski definition) is 2. The Morgan fingerprint density at radius 1 is 1.06 bits per heavy atom. The van der Waals surface area contributed by atoms with Gasteiger partial charge in [-0.1, -0.05) is 42.5 Å². The molecule has 0 unspecified atom stereocenters. The van der Waals surface area contributed by atoms with Gasteiger partial charge in [0.25, 0.3) is 0 Å². The van der Waals surface area contributed by atoms with Gasteiger partial charge in [0, 0.05) is 0 Å². The van der Waals surface area contributed by atoms with Crippen molar-refractivity contribution in [2.75, 3.05) is 0 Å². The van der Waals surface area contributed by atoms with Gasteiger partial charge in [0.1, 0.15) is 18.4 Å². The topological polar surface area (TPSA) is 33.0 Å². The van der Waals surface area contributed by atoms with E-state index in [9.17, 15) is 0 Å². The van der Waals surface area contributed by atoms with Gasteiger partial charge in [-0.3, -0.25) is 0 Å². The average molecular weight is 223 g/mol. The van der Waals surface area contributed by atoms with Crippen LogP contribution in [0.3, 0.4) is 0 Å². The molecular formula is C15H13NO. The van der Waals surface area contributed by atoms with Crippen LogP contribution in [0.2, 0.25) is 0 Å². The fourth-order valence-corrected chi connectivity index (χ4v) is 1.66. The summed E-state index contributed by atoms with van der Waals surface area (Å²) < 4.78 is 5.72. The maximum absolute atomic E-state index is 9.01. The molecule has 0 amide bonds. The highest BCUT2D eigenvalue weighted by molar-refractivity contribution is 5.47. The molecule has 17 heavy (non-hydrogen) atoms. The van der Waals surface area contributed by atoms with Crippen molar-refractivity contribution in [3.63, 3.8) is 0 Å². The summed E-state index contributed by atoms with van der Waals surface area (Å²) in [4.78, 5) is 0. The molecule has 2 nitrogen and oxygen atoms in total. The number of ether oxygens (including phenoxy) is 1. The minimum Gasteiger partial charge on any atom is -0.487 e. The van der Waals surface area contributed by atoms with Crippen LogP contribution in [0.25, 0.3) is 0 Å². The van der Waals surface area contributed by atoms with Crippen molar-refractivity contribution in [3.05, 3.63) is 65.2 Å². The van der Waals surface area contributed by atoms with E-state index in [1.54, 1.807) is 6.07 Å². The summed E-state index contributed by atoms with van der Waals surface area (Å²) in [5.41, 5.74) is 2.67. The molecule has 0 saturated carbocycles. The molecule has 0 spiro atoms. The number of benzene rings is 2. The highest BCUT2D eigenvalue weighted by Crippen LogP contribution is 2.23. The zero-order chi connectivity index (χ0) is 12.1. The van der Waals surface area contributed by atoms with Crippen LogP contribution in [0, 0.1) is 18.3 Å². The number of hydrogen-bond donors (Lipinski definition) is 0. The quantitative estimate of drug-likeness (QED) is 0.798. The highest BCUT2D eigenvalue weighted by Gasteiger charge is 2.06. The van der Waals surface area contributed by atoms with Crippen LogP contribution >= 0.6 is 0 Å². The fourth-order valence-electron chi connectivity index (χ4n) is 1.66. The summed E-state index contributed by atoms with van der Waals surface area (Å²) in [5.74, 6) is 0.679. The van der Waals surface area contributed by atoms with E-state index in [-0.39, 0.29) is 0 Å². The molecule has 0 aliphatic heterocycles. The van der Waals surface area contributed by atoms with Crippen LogP contribution in [-0.4, -0.2) is 0 Å². The molecule has 0 saturated heterocycles. The van der Waals surface area contributed by atoms with E-state index in [1.165, 1.54) is 0 Å². The predicted octanol–water partition coefficient (Wildman–Crippen LogP) is 3.45. The van der Waals surface area contributed by atoms with Crippen LogP contribution in [0.4, 0.5) is 0 Å². The number of aryl methyl sites for hydroxylation is 1. The van der Waals surface area contributed by atoms with Crippen molar-refractivity contribution < 1.29 is 4.74 Å². The van der Waals surface area contributed by atoms with Crippen LogP contribution in [-0.2, 0) is 6.61 Å². The van der Waals surface area contributed by atoms with Crippen LogP contribution in [0.1, 0.15) is 16.7 Å². The summed E-state index contributed by atoms with van der Waals surface area (Å²) in [7, 11) is 0. The third-order valence-corrected chi connectivity index (χ3v) is 2.56. The minimum atomic E-state index is 0.486. The Kier molecular flexibility index (Phi) is 3.42. The number of para-hydroxylation sites is 1. The van der Waals surface area contributed by atoms with Crippen LogP contribution in [0.15, 0.2) is 48.5 Å². The second-order valence-corrected chi connectivity index (χ2v) is 3.84. The van der Waals surface area contributed by atoms with Crippen molar-refractivity contribution in [1.82, 2.24) is 0 Å². The minimum absolute atomic E-state index is 0.486. The lowest BCUT2D eigenvalue weighted by Crippen LogP contribution is -1.98. The van der Waals surface area contributed by atoms with Gasteiger partial charge in [0.05, 0.1) is 5.56 Å². The lowest BCUT2D eigenvalue weighted by molar-refractivity contribution is 0.303. The molecule has 0 aliphatic rings. The smallest absolute Gasteiger partial charge is 0.140 e. The summed E-state index contributed by atoms with van der Waals surface area (Å²) in [6.07, 6.45) is 0. The molecule has 84 valence electrons. The molecule has 2 aromatic rings. The van der Waals surface area contributed by atoms with Gasteiger partial charge >= 0.3 is 0 Å². The molecular weight excluding hydrogens is 210 g/mol. The SMILES string of the molecule is Cc1cccc(C#N)c1OCc1ccccc1. The molecule has 2 rings (SSSR count). The molecule has 0 heterocycles. The first-order valence-corrected chi connectivity index (χ1v) is 5.47. The number of nitriles is 1. The maximum Gasteiger partial charge on any atom is 0.140 e. The van der Waals surface area contributed by atoms with Crippen molar-refractivity contribution in [2.24, 2.45) is 0 Å². The highest BCUT2D eigenvalue weighted by atomic mass is 16.5. The zero-order valence-corrected chi connectivity index (χ0v) is 9.68. The predicted molar refractivity (Wildman–Crippen MR) is 66.7 cm³/mol. The normalized spacial score (nSPS) is 9.65. The van der Waals surface area contributed by atoms with E-state index in [0.717, 1.165) is 11.1 Å². The monoisotopic (exact) mass is 223 g/mol. The lowest BCUT2D eigenvalue weighted by Gasteiger charge is -2.10. The Hall–Kier alpha value is -2.27. The van der Waals surface area contributed by atoms with Crippen LogP contribution in [0.5, 0.6) is 5.75 Å². The first-order valence-electron chi connectivity index (χ1n) is 5.47. The van der Waals surface area contributed by atoms with Crippen molar-refractivity contribution in [3.8, 4) is 11.8 Å². The number of rotatable bonds is 3. The fraction of sp³-hybridized carbons (Fsp3) is 0.133. The number of nitrogens with zero attached hydrogens (tertiary/aromatic N) is 1. The van der Waals surface area contributed by atoms with Gasteiger partial charge < -0.3 is 4.74 Å². The molecule has 0 aromatic heterocycles. The third-order valence-electron chi connectivity index (χ3n) is 2.56. The molecule has 0 aliphatic carbocycles. The van der Waals surface area contributed by atoms with Gasteiger partial charge in [-0.15, -0.1) is 0 Å². The average Bonchev–Trinajstić information content (AvgIpc) is 2.38. The largest absolute Gasteiger partial charge is 0.487 e. The van der Waals surface area contributed by atoms with E-state index < -0.39 is 0 Å². The Labute approximate surface area is 101 Å². The summed E-state index contributed by atoms with van der Waals surface area (Å²) in [5, 5.41) is 9.01. The molecule has 0 bridgehead atoms. The second-order valence-electron chi connectivity index (χ2n) is 3.84. The van der Waals surface area contributed by atoms with E-state index in [1.807, 2.05) is 49.4 Å². The Bertz CT molecular complexity index is 541. The Balaban J connectivity index is 2.17. The van der Waals surface area contributed by atoms with Crippen molar-refractivity contribution in [1.29, 1.82) is 5.26 Å². The first-order chi connectivity index (χ1) is 8.31. The molecule has 0 N–H and O–H groups in total. The van der Waals surface area contributed by atoms with E-state index in [0.29, 0.717) is 17.9 Å². The van der Waals surface area contributed by atoms with Gasteiger partial charge in [0.2, 0.25) is 0 Å². The summed E-state index contributed by atoms with van der Waals surface area (Å²) in [6, 6.07) is 17.7. The zero-order valence-electron chi connectivity index (χ0n) is 9.68. The van der Waals surface area contributed by atoms with Gasteiger partial charge in [-0.05, 0) is 24.1 Å². The molecule has 0 fully saturated rings. The Morgan fingerprint density at radius 3 is 2.53 bits per heavy atom. The standard InChI is InChI=1S/C15H13NO/c1-12-6-5-9-14(10-16)15(12)17-11-13-7-3-2-4-8-13/h2-9H,11H2,1H3. The maximum atomic E-state index is 9.01. The lowest BCUT2D eigenvalue weighted by atomic mass is 10.1. The first kappa shape index (κ1) is 11.2. The molecule has 2 heteroatoms. The molecule has 0 atom stereocenters. The van der Waals surface area contributed by atoms with Gasteiger partial charge in [-0.25, -0.2) is 0 Å². The Morgan fingerprint density at radius 2 is 1.82 bits per heavy atom. The van der Waals surface area contributed by atoms with Crippen LogP contribution < -0.4 is 4.74 Å². The second kappa shape index (κ2) is 5.18. The van der Waals surface area contributed by atoms with Crippen molar-refractivity contribution in [2.45, 2.75) is 13.5 Å².